The predicted molar refractivity (Wildman–Crippen MR) is 112 cm³/mol. The van der Waals surface area contributed by atoms with Gasteiger partial charge in [-0.05, 0) is 18.6 Å². The molecule has 3 rings (SSSR count). The minimum Gasteiger partial charge on any atom is -0.497 e. The molecule has 162 valence electrons. The SMILES string of the molecule is COc1cccc(NC(=O)C(OC(=O)CCCN2C(=O)CCC2=O)c2ccccc2)c1. The van der Waals surface area contributed by atoms with Gasteiger partial charge in [0.1, 0.15) is 5.75 Å². The number of benzene rings is 2. The van der Waals surface area contributed by atoms with Crippen LogP contribution in [0, 0.1) is 0 Å². The number of ether oxygens (including phenoxy) is 2. The monoisotopic (exact) mass is 424 g/mol. The molecule has 0 bridgehead atoms. The molecule has 1 unspecified atom stereocenters. The maximum Gasteiger partial charge on any atom is 0.306 e. The van der Waals surface area contributed by atoms with Crippen LogP contribution in [-0.2, 0) is 23.9 Å². The second-order valence-electron chi connectivity index (χ2n) is 7.04. The molecular formula is C23H24N2O6. The molecule has 0 saturated carbocycles. The molecule has 1 atom stereocenters. The maximum absolute atomic E-state index is 12.9. The third kappa shape index (κ3) is 5.91. The first-order valence-corrected chi connectivity index (χ1v) is 10.0. The van der Waals surface area contributed by atoms with Crippen LogP contribution in [0.25, 0.3) is 0 Å². The first-order valence-electron chi connectivity index (χ1n) is 10.0. The van der Waals surface area contributed by atoms with E-state index >= 15 is 0 Å². The summed E-state index contributed by atoms with van der Waals surface area (Å²) < 4.78 is 10.6. The molecule has 3 amide bonds. The van der Waals surface area contributed by atoms with E-state index in [0.717, 1.165) is 4.90 Å². The number of hydrogen-bond acceptors (Lipinski definition) is 6. The highest BCUT2D eigenvalue weighted by Crippen LogP contribution is 2.23. The molecule has 1 fully saturated rings. The van der Waals surface area contributed by atoms with Crippen LogP contribution in [0.3, 0.4) is 0 Å². The third-order valence-corrected chi connectivity index (χ3v) is 4.84. The Bertz CT molecular complexity index is 944. The van der Waals surface area contributed by atoms with Gasteiger partial charge in [-0.2, -0.15) is 0 Å². The van der Waals surface area contributed by atoms with Gasteiger partial charge in [0, 0.05) is 43.1 Å². The van der Waals surface area contributed by atoms with Gasteiger partial charge in [0.15, 0.2) is 0 Å². The van der Waals surface area contributed by atoms with Gasteiger partial charge in [-0.25, -0.2) is 0 Å². The van der Waals surface area contributed by atoms with Gasteiger partial charge in [0.2, 0.25) is 17.9 Å². The third-order valence-electron chi connectivity index (χ3n) is 4.84. The molecule has 1 heterocycles. The van der Waals surface area contributed by atoms with Crippen molar-refractivity contribution in [3.05, 3.63) is 60.2 Å². The summed E-state index contributed by atoms with van der Waals surface area (Å²) in [5.41, 5.74) is 1.04. The van der Waals surface area contributed by atoms with Crippen molar-refractivity contribution in [2.24, 2.45) is 0 Å². The van der Waals surface area contributed by atoms with Crippen LogP contribution in [0.15, 0.2) is 54.6 Å². The Balaban J connectivity index is 1.63. The molecule has 2 aromatic rings. The Labute approximate surface area is 180 Å². The number of methoxy groups -OCH3 is 1. The maximum atomic E-state index is 12.9. The van der Waals surface area contributed by atoms with Crippen molar-refractivity contribution in [1.29, 1.82) is 0 Å². The first-order chi connectivity index (χ1) is 15.0. The van der Waals surface area contributed by atoms with E-state index in [9.17, 15) is 19.2 Å². The Hall–Kier alpha value is -3.68. The topological polar surface area (TPSA) is 102 Å². The molecule has 1 aliphatic rings. The van der Waals surface area contributed by atoms with E-state index in [2.05, 4.69) is 5.32 Å². The molecule has 2 aromatic carbocycles. The van der Waals surface area contributed by atoms with Gasteiger partial charge in [-0.1, -0.05) is 36.4 Å². The van der Waals surface area contributed by atoms with Crippen LogP contribution in [0.2, 0.25) is 0 Å². The molecule has 8 nitrogen and oxygen atoms in total. The number of anilines is 1. The highest BCUT2D eigenvalue weighted by atomic mass is 16.5. The van der Waals surface area contributed by atoms with Gasteiger partial charge in [-0.15, -0.1) is 0 Å². The lowest BCUT2D eigenvalue weighted by Crippen LogP contribution is -2.30. The fourth-order valence-corrected chi connectivity index (χ4v) is 3.25. The summed E-state index contributed by atoms with van der Waals surface area (Å²) in [6, 6.07) is 15.5. The van der Waals surface area contributed by atoms with E-state index < -0.39 is 18.0 Å². The van der Waals surface area contributed by atoms with E-state index in [-0.39, 0.29) is 44.0 Å². The minimum atomic E-state index is -1.14. The number of carbonyl (C=O) groups excluding carboxylic acids is 4. The molecule has 31 heavy (non-hydrogen) atoms. The predicted octanol–water partition coefficient (Wildman–Crippen LogP) is 2.85. The smallest absolute Gasteiger partial charge is 0.306 e. The summed E-state index contributed by atoms with van der Waals surface area (Å²) in [5.74, 6) is -0.958. The largest absolute Gasteiger partial charge is 0.497 e. The molecule has 1 saturated heterocycles. The number of amides is 3. The standard InChI is InChI=1S/C23H24N2O6/c1-30-18-10-5-9-17(15-18)24-23(29)22(16-7-3-2-4-8-16)31-21(28)11-6-14-25-19(26)12-13-20(25)27/h2-5,7-10,15,22H,6,11-14H2,1H3,(H,24,29). The quantitative estimate of drug-likeness (QED) is 0.491. The van der Waals surface area contributed by atoms with Crippen LogP contribution in [0.1, 0.15) is 37.4 Å². The lowest BCUT2D eigenvalue weighted by molar-refractivity contribution is -0.155. The normalized spacial score (nSPS) is 14.3. The van der Waals surface area contributed by atoms with Crippen molar-refractivity contribution in [3.63, 3.8) is 0 Å². The van der Waals surface area contributed by atoms with Gasteiger partial charge >= 0.3 is 5.97 Å². The van der Waals surface area contributed by atoms with Crippen LogP contribution < -0.4 is 10.1 Å². The number of carbonyl (C=O) groups is 4. The van der Waals surface area contributed by atoms with Crippen LogP contribution in [0.5, 0.6) is 5.75 Å². The summed E-state index contributed by atoms with van der Waals surface area (Å²) in [7, 11) is 1.53. The van der Waals surface area contributed by atoms with Crippen molar-refractivity contribution in [2.45, 2.75) is 31.8 Å². The Kier molecular flexibility index (Phi) is 7.37. The second kappa shape index (κ2) is 10.4. The van der Waals surface area contributed by atoms with E-state index in [1.54, 1.807) is 54.6 Å². The summed E-state index contributed by atoms with van der Waals surface area (Å²) in [5, 5.41) is 2.74. The van der Waals surface area contributed by atoms with Crippen molar-refractivity contribution in [3.8, 4) is 5.75 Å². The average Bonchev–Trinajstić information content (AvgIpc) is 3.10. The van der Waals surface area contributed by atoms with Crippen LogP contribution in [0.4, 0.5) is 5.69 Å². The molecule has 0 radical (unpaired) electrons. The van der Waals surface area contributed by atoms with Gasteiger partial charge in [0.05, 0.1) is 7.11 Å². The Morgan fingerprint density at radius 3 is 2.42 bits per heavy atom. The number of imide groups is 1. The summed E-state index contributed by atoms with van der Waals surface area (Å²) >= 11 is 0. The second-order valence-corrected chi connectivity index (χ2v) is 7.04. The van der Waals surface area contributed by atoms with Gasteiger partial charge < -0.3 is 14.8 Å². The van der Waals surface area contributed by atoms with Crippen molar-refractivity contribution in [2.75, 3.05) is 19.0 Å². The van der Waals surface area contributed by atoms with E-state index in [1.165, 1.54) is 7.11 Å². The number of likely N-dealkylation sites (tertiary alicyclic amines) is 1. The first kappa shape index (κ1) is 22.0. The fraction of sp³-hybridized carbons (Fsp3) is 0.304. The van der Waals surface area contributed by atoms with Crippen LogP contribution >= 0.6 is 0 Å². The van der Waals surface area contributed by atoms with Gasteiger partial charge in [0.25, 0.3) is 5.91 Å². The molecule has 8 heteroatoms. The number of rotatable bonds is 9. The number of esters is 1. The number of nitrogens with zero attached hydrogens (tertiary/aromatic N) is 1. The zero-order valence-electron chi connectivity index (χ0n) is 17.2. The van der Waals surface area contributed by atoms with Gasteiger partial charge in [-0.3, -0.25) is 24.1 Å². The Morgan fingerprint density at radius 2 is 1.74 bits per heavy atom. The van der Waals surface area contributed by atoms with Crippen molar-refractivity contribution >= 4 is 29.4 Å². The zero-order chi connectivity index (χ0) is 22.2. The van der Waals surface area contributed by atoms with E-state index in [0.29, 0.717) is 17.0 Å². The summed E-state index contributed by atoms with van der Waals surface area (Å²) in [6.45, 7) is 0.165. The Morgan fingerprint density at radius 1 is 1.03 bits per heavy atom. The summed E-state index contributed by atoms with van der Waals surface area (Å²) in [4.78, 5) is 49.8. The molecule has 1 aliphatic heterocycles. The minimum absolute atomic E-state index is 0.0210. The zero-order valence-corrected chi connectivity index (χ0v) is 17.2. The molecule has 1 N–H and O–H groups in total. The van der Waals surface area contributed by atoms with Crippen LogP contribution in [-0.4, -0.2) is 42.2 Å². The number of hydrogen-bond donors (Lipinski definition) is 1. The highest BCUT2D eigenvalue weighted by molar-refractivity contribution is 6.02. The van der Waals surface area contributed by atoms with E-state index in [1.807, 2.05) is 0 Å². The lowest BCUT2D eigenvalue weighted by Gasteiger charge is -2.19. The molecule has 0 aliphatic carbocycles. The number of nitrogens with one attached hydrogen (secondary N) is 1. The fourth-order valence-electron chi connectivity index (χ4n) is 3.25. The highest BCUT2D eigenvalue weighted by Gasteiger charge is 2.29. The van der Waals surface area contributed by atoms with E-state index in [4.69, 9.17) is 9.47 Å². The average molecular weight is 424 g/mol. The van der Waals surface area contributed by atoms with Crippen molar-refractivity contribution < 1.29 is 28.7 Å². The molecule has 0 spiro atoms. The molecule has 0 aromatic heterocycles. The molecular weight excluding hydrogens is 400 g/mol. The lowest BCUT2D eigenvalue weighted by atomic mass is 10.1. The van der Waals surface area contributed by atoms with Crippen molar-refractivity contribution in [1.82, 2.24) is 4.90 Å². The summed E-state index contributed by atoms with van der Waals surface area (Å²) in [6.07, 6.45) is -0.467.